The van der Waals surface area contributed by atoms with Crippen LogP contribution in [0.4, 0.5) is 0 Å². The predicted molar refractivity (Wildman–Crippen MR) is 138 cm³/mol. The fourth-order valence-electron chi connectivity index (χ4n) is 4.19. The maximum atomic E-state index is 12.7. The summed E-state index contributed by atoms with van der Waals surface area (Å²) in [7, 11) is 0. The number of hydroxylamine groups is 1. The van der Waals surface area contributed by atoms with E-state index in [1.807, 2.05) is 0 Å². The third-order valence-corrected chi connectivity index (χ3v) is 11.3. The van der Waals surface area contributed by atoms with Gasteiger partial charge in [-0.1, -0.05) is 0 Å². The molecule has 2 aliphatic carbocycles. The molecule has 8 nitrogen and oxygen atoms in total. The smallest absolute Gasteiger partial charge is 0.308 e. The van der Waals surface area contributed by atoms with Crippen LogP contribution in [0.5, 0.6) is 0 Å². The first-order chi connectivity index (χ1) is 16.3. The average Bonchev–Trinajstić information content (AvgIpc) is 2.80. The van der Waals surface area contributed by atoms with Crippen molar-refractivity contribution < 1.29 is 29.4 Å². The van der Waals surface area contributed by atoms with Gasteiger partial charge in [0.15, 0.2) is 0 Å². The average molecular weight is 660 g/mol. The number of nitrogens with one attached hydrogen (secondary N) is 2. The van der Waals surface area contributed by atoms with E-state index >= 15 is 0 Å². The highest BCUT2D eigenvalue weighted by atomic mass is 35.5. The highest BCUT2D eigenvalue weighted by Gasteiger charge is 2.54. The molecule has 2 saturated carbocycles. The number of hydrogen-bond acceptors (Lipinski definition) is 5. The second-order valence-electron chi connectivity index (χ2n) is 8.32. The van der Waals surface area contributed by atoms with E-state index in [1.165, 1.54) is 0 Å². The van der Waals surface area contributed by atoms with Crippen molar-refractivity contribution in [2.45, 2.75) is 49.4 Å². The van der Waals surface area contributed by atoms with Crippen LogP contribution in [0.3, 0.4) is 0 Å². The SMILES string of the molecule is O=C(O)C1C(Cl)C(Cl)C(Cl)C(Cl)C1CONCCCNC(=O)C1C(Cl)C(Cl)C(Cl)C(Cl)C1C(=O)O. The quantitative estimate of drug-likeness (QED) is 0.161. The lowest BCUT2D eigenvalue weighted by molar-refractivity contribution is -0.148. The van der Waals surface area contributed by atoms with Gasteiger partial charge in [-0.3, -0.25) is 14.4 Å². The van der Waals surface area contributed by atoms with Gasteiger partial charge in [0.2, 0.25) is 5.91 Å². The van der Waals surface area contributed by atoms with E-state index in [4.69, 9.17) is 97.6 Å². The lowest BCUT2D eigenvalue weighted by atomic mass is 9.77. The molecule has 0 heterocycles. The normalized spacial score (nSPS) is 41.8. The van der Waals surface area contributed by atoms with E-state index < -0.39 is 84.5 Å². The third-order valence-electron chi connectivity index (χ3n) is 6.12. The topological polar surface area (TPSA) is 125 Å². The molecule has 2 aliphatic rings. The molecule has 0 radical (unpaired) electrons. The molecule has 0 aliphatic heterocycles. The Morgan fingerprint density at radius 1 is 0.629 bits per heavy atom. The number of alkyl halides is 8. The number of amides is 1. The van der Waals surface area contributed by atoms with Crippen LogP contribution in [0, 0.1) is 23.7 Å². The number of carbonyl (C=O) groups is 3. The number of hydrogen-bond donors (Lipinski definition) is 4. The van der Waals surface area contributed by atoms with E-state index in [-0.39, 0.29) is 19.7 Å². The maximum absolute atomic E-state index is 12.7. The summed E-state index contributed by atoms with van der Waals surface area (Å²) in [5, 5.41) is 14.5. The van der Waals surface area contributed by atoms with Gasteiger partial charge in [-0.2, -0.15) is 0 Å². The van der Waals surface area contributed by atoms with Crippen LogP contribution < -0.4 is 10.8 Å². The van der Waals surface area contributed by atoms with Gasteiger partial charge < -0.3 is 20.4 Å². The van der Waals surface area contributed by atoms with Crippen molar-refractivity contribution in [1.29, 1.82) is 0 Å². The number of carbonyl (C=O) groups excluding carboxylic acids is 1. The Bertz CT molecular complexity index is 769. The molecule has 1 amide bonds. The Hall–Kier alpha value is 0.650. The van der Waals surface area contributed by atoms with Gasteiger partial charge >= 0.3 is 11.9 Å². The molecule has 4 N–H and O–H groups in total. The van der Waals surface area contributed by atoms with Gasteiger partial charge in [-0.15, -0.1) is 92.8 Å². The van der Waals surface area contributed by atoms with Crippen LogP contribution in [-0.4, -0.2) is 90.8 Å². The molecule has 0 spiro atoms. The van der Waals surface area contributed by atoms with Crippen molar-refractivity contribution in [2.24, 2.45) is 23.7 Å². The largest absolute Gasteiger partial charge is 0.481 e. The molecule has 12 atom stereocenters. The van der Waals surface area contributed by atoms with E-state index in [2.05, 4.69) is 10.8 Å². The molecule has 12 unspecified atom stereocenters. The number of halogens is 8. The number of aliphatic carboxylic acids is 2. The molecule has 0 aromatic carbocycles. The Morgan fingerprint density at radius 2 is 1.09 bits per heavy atom. The molecule has 35 heavy (non-hydrogen) atoms. The second kappa shape index (κ2) is 14.2. The van der Waals surface area contributed by atoms with Crippen LogP contribution >= 0.6 is 92.8 Å². The predicted octanol–water partition coefficient (Wildman–Crippen LogP) is 3.53. The summed E-state index contributed by atoms with van der Waals surface area (Å²) in [6, 6.07) is 0. The van der Waals surface area contributed by atoms with Crippen LogP contribution in [0.25, 0.3) is 0 Å². The van der Waals surface area contributed by atoms with E-state index in [1.54, 1.807) is 0 Å². The Morgan fingerprint density at radius 3 is 1.60 bits per heavy atom. The first-order valence-electron chi connectivity index (χ1n) is 10.5. The minimum Gasteiger partial charge on any atom is -0.481 e. The maximum Gasteiger partial charge on any atom is 0.308 e. The van der Waals surface area contributed by atoms with Crippen molar-refractivity contribution in [3.8, 4) is 0 Å². The summed E-state index contributed by atoms with van der Waals surface area (Å²) in [5.41, 5.74) is 2.66. The molecule has 0 aromatic heterocycles. The molecule has 2 fully saturated rings. The highest BCUT2D eigenvalue weighted by molar-refractivity contribution is 6.40. The highest BCUT2D eigenvalue weighted by Crippen LogP contribution is 2.43. The van der Waals surface area contributed by atoms with E-state index in [9.17, 15) is 24.6 Å². The molecule has 16 heteroatoms. The van der Waals surface area contributed by atoms with Gasteiger partial charge in [0, 0.05) is 19.0 Å². The number of carboxylic acid groups (broad SMARTS) is 2. The summed E-state index contributed by atoms with van der Waals surface area (Å²) >= 11 is 49.4. The summed E-state index contributed by atoms with van der Waals surface area (Å²) in [6.07, 6.45) is 0.382. The monoisotopic (exact) mass is 656 g/mol. The lowest BCUT2D eigenvalue weighted by Crippen LogP contribution is -2.57. The van der Waals surface area contributed by atoms with Crippen molar-refractivity contribution in [1.82, 2.24) is 10.8 Å². The van der Waals surface area contributed by atoms with Crippen molar-refractivity contribution in [3.05, 3.63) is 0 Å². The molecular formula is C19H24Cl8N2O6. The Labute approximate surface area is 242 Å². The van der Waals surface area contributed by atoms with E-state index in [0.29, 0.717) is 6.42 Å². The van der Waals surface area contributed by atoms with Gasteiger partial charge in [-0.05, 0) is 6.42 Å². The van der Waals surface area contributed by atoms with Crippen molar-refractivity contribution in [2.75, 3.05) is 19.7 Å². The molecule has 202 valence electrons. The van der Waals surface area contributed by atoms with Crippen LogP contribution in [0.15, 0.2) is 0 Å². The fourth-order valence-corrected chi connectivity index (χ4v) is 7.46. The Balaban J connectivity index is 1.80. The zero-order valence-electron chi connectivity index (χ0n) is 17.8. The molecular weight excluding hydrogens is 636 g/mol. The second-order valence-corrected chi connectivity index (χ2v) is 12.4. The summed E-state index contributed by atoms with van der Waals surface area (Å²) < 4.78 is 0. The Kier molecular flexibility index (Phi) is 12.9. The minimum absolute atomic E-state index is 0.0857. The van der Waals surface area contributed by atoms with Gasteiger partial charge in [-0.25, -0.2) is 5.48 Å². The lowest BCUT2D eigenvalue weighted by Gasteiger charge is -2.41. The van der Waals surface area contributed by atoms with Crippen LogP contribution in [-0.2, 0) is 19.2 Å². The number of rotatable bonds is 10. The van der Waals surface area contributed by atoms with E-state index in [0.717, 1.165) is 0 Å². The summed E-state index contributed by atoms with van der Waals surface area (Å²) in [6.45, 7) is 0.339. The zero-order chi connectivity index (χ0) is 26.6. The standard InChI is InChI=1S/C19H24Cl8N2O6/c20-9-5(6(18(31)32)10(21)14(25)13(9)24)4-35-29-3-1-2-28-17(30)7-8(19(33)34)12(23)16(27)15(26)11(7)22/h5-16,29H,1-4H2,(H,28,30)(H,31,32)(H,33,34). The first-order valence-corrected chi connectivity index (χ1v) is 14.0. The first kappa shape index (κ1) is 31.9. The van der Waals surface area contributed by atoms with Crippen molar-refractivity contribution >= 4 is 111 Å². The number of carboxylic acids is 2. The van der Waals surface area contributed by atoms with Gasteiger partial charge in [0.25, 0.3) is 0 Å². The van der Waals surface area contributed by atoms with Crippen LogP contribution in [0.2, 0.25) is 0 Å². The molecule has 0 aromatic rings. The third kappa shape index (κ3) is 7.40. The summed E-state index contributed by atoms with van der Waals surface area (Å²) in [5.74, 6) is -7.27. The van der Waals surface area contributed by atoms with Crippen LogP contribution in [0.1, 0.15) is 6.42 Å². The molecule has 0 bridgehead atoms. The van der Waals surface area contributed by atoms with Gasteiger partial charge in [0.05, 0.1) is 67.4 Å². The zero-order valence-corrected chi connectivity index (χ0v) is 23.9. The van der Waals surface area contributed by atoms with Gasteiger partial charge in [0.1, 0.15) is 0 Å². The fraction of sp³-hybridized carbons (Fsp3) is 0.842. The summed E-state index contributed by atoms with van der Waals surface area (Å²) in [4.78, 5) is 41.4. The molecule has 2 rings (SSSR count). The minimum atomic E-state index is -1.30. The molecule has 0 saturated heterocycles. The van der Waals surface area contributed by atoms with Crippen molar-refractivity contribution in [3.63, 3.8) is 0 Å².